The maximum Gasteiger partial charge on any atom is 0.410 e. The van der Waals surface area contributed by atoms with E-state index >= 15 is 0 Å². The van der Waals surface area contributed by atoms with Crippen LogP contribution in [0.25, 0.3) is 0 Å². The summed E-state index contributed by atoms with van der Waals surface area (Å²) >= 11 is 0. The van der Waals surface area contributed by atoms with Crippen LogP contribution in [0.15, 0.2) is 60.7 Å². The number of aliphatic hydroxyl groups is 1. The minimum atomic E-state index is -0.762. The molecule has 0 spiro atoms. The molecular weight excluding hydrogens is 302 g/mol. The highest BCUT2D eigenvalue weighted by molar-refractivity contribution is 5.68. The van der Waals surface area contributed by atoms with Crippen LogP contribution in [0.4, 0.5) is 4.79 Å². The normalized spacial score (nSPS) is 12.5. The van der Waals surface area contributed by atoms with Gasteiger partial charge in [0.25, 0.3) is 0 Å². The van der Waals surface area contributed by atoms with Crippen LogP contribution in [0.1, 0.15) is 38.0 Å². The highest BCUT2D eigenvalue weighted by Crippen LogP contribution is 2.18. The van der Waals surface area contributed by atoms with Gasteiger partial charge in [0.1, 0.15) is 5.60 Å². The number of amides is 1. The van der Waals surface area contributed by atoms with Gasteiger partial charge in [0.05, 0.1) is 12.6 Å². The summed E-state index contributed by atoms with van der Waals surface area (Å²) in [6.07, 6.45) is -1.19. The zero-order chi connectivity index (χ0) is 17.6. The molecule has 24 heavy (non-hydrogen) atoms. The van der Waals surface area contributed by atoms with Gasteiger partial charge < -0.3 is 14.7 Å². The summed E-state index contributed by atoms with van der Waals surface area (Å²) in [5.41, 5.74) is 1.19. The fourth-order valence-corrected chi connectivity index (χ4v) is 2.32. The Labute approximate surface area is 143 Å². The lowest BCUT2D eigenvalue weighted by Crippen LogP contribution is -2.38. The number of carbonyl (C=O) groups is 1. The molecule has 0 aliphatic heterocycles. The molecule has 0 fully saturated rings. The van der Waals surface area contributed by atoms with Crippen molar-refractivity contribution in [1.29, 1.82) is 0 Å². The third-order valence-electron chi connectivity index (χ3n) is 3.45. The number of hydrogen-bond acceptors (Lipinski definition) is 3. The zero-order valence-corrected chi connectivity index (χ0v) is 14.5. The number of aliphatic hydroxyl groups excluding tert-OH is 1. The van der Waals surface area contributed by atoms with Gasteiger partial charge >= 0.3 is 6.09 Å². The molecule has 0 heterocycles. The first-order chi connectivity index (χ1) is 11.3. The quantitative estimate of drug-likeness (QED) is 0.897. The third kappa shape index (κ3) is 5.70. The molecule has 1 atom stereocenters. The van der Waals surface area contributed by atoms with Crippen LogP contribution in [0.5, 0.6) is 0 Å². The van der Waals surface area contributed by atoms with E-state index in [4.69, 9.17) is 4.74 Å². The van der Waals surface area contributed by atoms with Crippen molar-refractivity contribution in [3.63, 3.8) is 0 Å². The van der Waals surface area contributed by atoms with Crippen LogP contribution in [0.2, 0.25) is 0 Å². The van der Waals surface area contributed by atoms with Gasteiger partial charge in [-0.1, -0.05) is 60.7 Å². The predicted molar refractivity (Wildman–Crippen MR) is 94.5 cm³/mol. The van der Waals surface area contributed by atoms with E-state index in [1.165, 1.54) is 4.90 Å². The molecule has 1 amide bonds. The Morgan fingerprint density at radius 2 is 1.58 bits per heavy atom. The third-order valence-corrected chi connectivity index (χ3v) is 3.45. The largest absolute Gasteiger partial charge is 0.444 e. The Kier molecular flexibility index (Phi) is 5.99. The van der Waals surface area contributed by atoms with E-state index in [-0.39, 0.29) is 6.54 Å². The standard InChI is InChI=1S/C20H25NO3/c1-20(2,3)24-19(23)21(14-16-10-6-4-7-11-16)15-18(22)17-12-8-5-9-13-17/h4-13,18,22H,14-15H2,1-3H3/t18-/m0/s1. The van der Waals surface area contributed by atoms with Crippen molar-refractivity contribution in [2.75, 3.05) is 6.54 Å². The second-order valence-corrected chi connectivity index (χ2v) is 6.77. The van der Waals surface area contributed by atoms with Crippen LogP contribution in [0.3, 0.4) is 0 Å². The Morgan fingerprint density at radius 1 is 1.04 bits per heavy atom. The van der Waals surface area contributed by atoms with Gasteiger partial charge in [0.2, 0.25) is 0 Å². The summed E-state index contributed by atoms with van der Waals surface area (Å²) < 4.78 is 5.48. The molecule has 128 valence electrons. The van der Waals surface area contributed by atoms with E-state index in [0.717, 1.165) is 11.1 Å². The Hall–Kier alpha value is -2.33. The van der Waals surface area contributed by atoms with Gasteiger partial charge in [-0.05, 0) is 31.9 Å². The molecule has 2 aromatic rings. The average Bonchev–Trinajstić information content (AvgIpc) is 2.54. The second-order valence-electron chi connectivity index (χ2n) is 6.77. The minimum absolute atomic E-state index is 0.174. The van der Waals surface area contributed by atoms with Crippen molar-refractivity contribution in [3.05, 3.63) is 71.8 Å². The van der Waals surface area contributed by atoms with Crippen molar-refractivity contribution in [2.24, 2.45) is 0 Å². The van der Waals surface area contributed by atoms with Gasteiger partial charge in [-0.25, -0.2) is 4.79 Å². The Morgan fingerprint density at radius 3 is 2.12 bits per heavy atom. The predicted octanol–water partition coefficient (Wildman–Crippen LogP) is 4.16. The van der Waals surface area contributed by atoms with Gasteiger partial charge in [-0.2, -0.15) is 0 Å². The average molecular weight is 327 g/mol. The molecule has 0 bridgehead atoms. The molecule has 0 saturated heterocycles. The summed E-state index contributed by atoms with van der Waals surface area (Å²) in [4.78, 5) is 14.1. The number of hydrogen-bond donors (Lipinski definition) is 1. The minimum Gasteiger partial charge on any atom is -0.444 e. The molecule has 1 N–H and O–H groups in total. The van der Waals surface area contributed by atoms with Crippen molar-refractivity contribution < 1.29 is 14.6 Å². The van der Waals surface area contributed by atoms with Crippen molar-refractivity contribution >= 4 is 6.09 Å². The number of ether oxygens (including phenoxy) is 1. The first-order valence-electron chi connectivity index (χ1n) is 8.10. The smallest absolute Gasteiger partial charge is 0.410 e. The number of carbonyl (C=O) groups excluding carboxylic acids is 1. The first kappa shape index (κ1) is 18.0. The molecular formula is C20H25NO3. The number of benzene rings is 2. The maximum absolute atomic E-state index is 12.5. The molecule has 0 aromatic heterocycles. The first-order valence-corrected chi connectivity index (χ1v) is 8.10. The lowest BCUT2D eigenvalue weighted by molar-refractivity contribution is 0.0124. The topological polar surface area (TPSA) is 49.8 Å². The van der Waals surface area contributed by atoms with E-state index < -0.39 is 17.8 Å². The molecule has 0 saturated carbocycles. The van der Waals surface area contributed by atoms with E-state index in [1.54, 1.807) is 0 Å². The van der Waals surface area contributed by atoms with Gasteiger partial charge in [-0.3, -0.25) is 0 Å². The highest BCUT2D eigenvalue weighted by atomic mass is 16.6. The summed E-state index contributed by atoms with van der Waals surface area (Å²) in [6.45, 7) is 6.06. The van der Waals surface area contributed by atoms with Crippen LogP contribution in [0, 0.1) is 0 Å². The van der Waals surface area contributed by atoms with Crippen LogP contribution in [-0.4, -0.2) is 28.2 Å². The SMILES string of the molecule is CC(C)(C)OC(=O)N(Cc1ccccc1)C[C@H](O)c1ccccc1. The lowest BCUT2D eigenvalue weighted by atomic mass is 10.1. The molecule has 2 rings (SSSR count). The zero-order valence-electron chi connectivity index (χ0n) is 14.5. The van der Waals surface area contributed by atoms with E-state index in [9.17, 15) is 9.90 Å². The van der Waals surface area contributed by atoms with Crippen LogP contribution < -0.4 is 0 Å². The van der Waals surface area contributed by atoms with Gasteiger partial charge in [0, 0.05) is 6.54 Å². The molecule has 4 heteroatoms. The number of rotatable bonds is 5. The lowest BCUT2D eigenvalue weighted by Gasteiger charge is -2.29. The summed E-state index contributed by atoms with van der Waals surface area (Å²) in [6, 6.07) is 19.0. The van der Waals surface area contributed by atoms with E-state index in [1.807, 2.05) is 81.4 Å². The maximum atomic E-state index is 12.5. The van der Waals surface area contributed by atoms with Crippen molar-refractivity contribution in [3.8, 4) is 0 Å². The van der Waals surface area contributed by atoms with Gasteiger partial charge in [-0.15, -0.1) is 0 Å². The number of nitrogens with zero attached hydrogens (tertiary/aromatic N) is 1. The monoisotopic (exact) mass is 327 g/mol. The summed E-state index contributed by atoms with van der Waals surface area (Å²) in [7, 11) is 0. The Bertz CT molecular complexity index is 635. The Balaban J connectivity index is 2.14. The molecule has 0 aliphatic carbocycles. The molecule has 0 radical (unpaired) electrons. The molecule has 0 unspecified atom stereocenters. The van der Waals surface area contributed by atoms with E-state index in [2.05, 4.69) is 0 Å². The molecule has 0 aliphatic rings. The second kappa shape index (κ2) is 7.97. The molecule has 2 aromatic carbocycles. The van der Waals surface area contributed by atoms with Gasteiger partial charge in [0.15, 0.2) is 0 Å². The van der Waals surface area contributed by atoms with E-state index in [0.29, 0.717) is 6.54 Å². The highest BCUT2D eigenvalue weighted by Gasteiger charge is 2.24. The van der Waals surface area contributed by atoms with Crippen molar-refractivity contribution in [1.82, 2.24) is 4.90 Å². The van der Waals surface area contributed by atoms with Crippen molar-refractivity contribution in [2.45, 2.75) is 39.0 Å². The fraction of sp³-hybridized carbons (Fsp3) is 0.350. The fourth-order valence-electron chi connectivity index (χ4n) is 2.32. The summed E-state index contributed by atoms with van der Waals surface area (Å²) in [5, 5.41) is 10.5. The molecule has 4 nitrogen and oxygen atoms in total. The van der Waals surface area contributed by atoms with Crippen LogP contribution >= 0.6 is 0 Å². The van der Waals surface area contributed by atoms with Crippen LogP contribution in [-0.2, 0) is 11.3 Å². The summed E-state index contributed by atoms with van der Waals surface area (Å²) in [5.74, 6) is 0.